The van der Waals surface area contributed by atoms with E-state index in [1.165, 1.54) is 51.4 Å². The molecule has 5 saturated carbocycles. The molecule has 2 unspecified atom stereocenters. The minimum Gasteiger partial charge on any atom is -0.400 e. The Bertz CT molecular complexity index is 851. The maximum Gasteiger partial charge on any atom is 0.486 e. The minimum absolute atomic E-state index is 0.223. The van der Waals surface area contributed by atoms with Crippen molar-refractivity contribution in [1.82, 2.24) is 0 Å². The lowest BCUT2D eigenvalue weighted by Gasteiger charge is -2.61. The molecule has 190 valence electrons. The second-order valence-corrected chi connectivity index (χ2v) is 14.8. The minimum atomic E-state index is -0.263. The molecular formula is C30H49BO3. The second-order valence-electron chi connectivity index (χ2n) is 14.8. The van der Waals surface area contributed by atoms with Crippen LogP contribution in [-0.4, -0.2) is 31.5 Å². The molecule has 5 aliphatic carbocycles. The Kier molecular flexibility index (Phi) is 5.22. The molecule has 10 atom stereocenters. The van der Waals surface area contributed by atoms with Crippen LogP contribution < -0.4 is 0 Å². The summed E-state index contributed by atoms with van der Waals surface area (Å²) in [4.78, 5) is 0. The molecule has 1 spiro atoms. The highest BCUT2D eigenvalue weighted by Crippen LogP contribution is 2.82. The molecule has 0 amide bonds. The average molecular weight is 469 g/mol. The van der Waals surface area contributed by atoms with Crippen molar-refractivity contribution in [3.63, 3.8) is 0 Å². The fourth-order valence-corrected chi connectivity index (χ4v) is 10.9. The summed E-state index contributed by atoms with van der Waals surface area (Å²) >= 11 is 0. The largest absolute Gasteiger partial charge is 0.486 e. The van der Waals surface area contributed by atoms with Crippen molar-refractivity contribution in [3.05, 3.63) is 12.1 Å². The molecule has 0 N–H and O–H groups in total. The summed E-state index contributed by atoms with van der Waals surface area (Å²) in [7, 11) is 1.79. The smallest absolute Gasteiger partial charge is 0.400 e. The zero-order valence-electron chi connectivity index (χ0n) is 23.2. The SMILES string of the molecule is COC1C[C@H]2[C@@H]3CC[C@H]([C@H](C)/C=C/B4OC(C)(C)C(C)(C)O4)[C@@]3(C)CC[C@@H]2[C@@]2(C)CC[C@@H]3CC132. The van der Waals surface area contributed by atoms with Crippen molar-refractivity contribution in [1.29, 1.82) is 0 Å². The molecular weight excluding hydrogens is 419 g/mol. The van der Waals surface area contributed by atoms with Gasteiger partial charge < -0.3 is 14.0 Å². The van der Waals surface area contributed by atoms with E-state index < -0.39 is 0 Å². The summed E-state index contributed by atoms with van der Waals surface area (Å²) in [6, 6.07) is 0. The molecule has 1 aliphatic heterocycles. The van der Waals surface area contributed by atoms with Gasteiger partial charge in [0.2, 0.25) is 0 Å². The van der Waals surface area contributed by atoms with E-state index in [2.05, 4.69) is 60.5 Å². The predicted octanol–water partition coefficient (Wildman–Crippen LogP) is 7.09. The van der Waals surface area contributed by atoms with Crippen molar-refractivity contribution in [2.24, 2.45) is 51.8 Å². The average Bonchev–Trinajstić information content (AvgIpc) is 3.17. The Morgan fingerprint density at radius 3 is 2.26 bits per heavy atom. The predicted molar refractivity (Wildman–Crippen MR) is 138 cm³/mol. The molecule has 0 aromatic carbocycles. The molecule has 34 heavy (non-hydrogen) atoms. The van der Waals surface area contributed by atoms with E-state index in [1.807, 2.05) is 7.11 Å². The van der Waals surface area contributed by atoms with E-state index >= 15 is 0 Å². The molecule has 6 fully saturated rings. The van der Waals surface area contributed by atoms with Crippen LogP contribution in [0.25, 0.3) is 0 Å². The molecule has 0 radical (unpaired) electrons. The van der Waals surface area contributed by atoms with Crippen molar-refractivity contribution in [3.8, 4) is 0 Å². The summed E-state index contributed by atoms with van der Waals surface area (Å²) in [5.41, 5.74) is 1.00. The van der Waals surface area contributed by atoms with Crippen LogP contribution in [0, 0.1) is 51.8 Å². The van der Waals surface area contributed by atoms with Crippen LogP contribution in [-0.2, 0) is 14.0 Å². The van der Waals surface area contributed by atoms with Gasteiger partial charge in [0.25, 0.3) is 0 Å². The maximum atomic E-state index is 6.31. The summed E-state index contributed by atoms with van der Waals surface area (Å²) in [6.07, 6.45) is 14.3. The van der Waals surface area contributed by atoms with E-state index in [0.717, 1.165) is 29.6 Å². The van der Waals surface area contributed by atoms with Crippen molar-refractivity contribution in [2.75, 3.05) is 7.11 Å². The van der Waals surface area contributed by atoms with Gasteiger partial charge in [-0.3, -0.25) is 0 Å². The van der Waals surface area contributed by atoms with Crippen LogP contribution in [0.3, 0.4) is 0 Å². The Morgan fingerprint density at radius 1 is 0.912 bits per heavy atom. The van der Waals surface area contributed by atoms with Crippen LogP contribution in [0.5, 0.6) is 0 Å². The quantitative estimate of drug-likeness (QED) is 0.412. The van der Waals surface area contributed by atoms with Crippen LogP contribution in [0.1, 0.15) is 99.8 Å². The number of allylic oxidation sites excluding steroid dienone is 1. The van der Waals surface area contributed by atoms with E-state index in [0.29, 0.717) is 28.3 Å². The number of hydrogen-bond donors (Lipinski definition) is 0. The van der Waals surface area contributed by atoms with Gasteiger partial charge in [-0.05, 0) is 125 Å². The molecule has 0 bridgehead atoms. The van der Waals surface area contributed by atoms with Gasteiger partial charge in [-0.15, -0.1) is 0 Å². The summed E-state index contributed by atoms with van der Waals surface area (Å²) in [5, 5.41) is 0. The summed E-state index contributed by atoms with van der Waals surface area (Å²) < 4.78 is 18.8. The standard InChI is InChI=1S/C30H49BO3/c1-19(13-16-31-33-26(2,3)27(4,5)34-31)22-9-10-23-21-17-25(32-8)30-18-20(30)11-15-29(30,7)24(21)12-14-28(22,23)6/h13,16,19-25H,9-12,14-15,17-18H2,1-8H3/b16-13+/t19-,20-,21+,22-,23+,24+,25?,28-,29-,30?/m1/s1. The molecule has 3 nitrogen and oxygen atoms in total. The second kappa shape index (κ2) is 7.38. The van der Waals surface area contributed by atoms with E-state index in [9.17, 15) is 0 Å². The molecule has 6 aliphatic rings. The summed E-state index contributed by atoms with van der Waals surface area (Å²) in [5.74, 6) is 7.16. The van der Waals surface area contributed by atoms with Gasteiger partial charge in [-0.1, -0.05) is 32.8 Å². The van der Waals surface area contributed by atoms with Gasteiger partial charge in [-0.25, -0.2) is 0 Å². The number of ether oxygens (including phenoxy) is 1. The third kappa shape index (κ3) is 2.94. The molecule has 6 rings (SSSR count). The molecule has 1 heterocycles. The zero-order chi connectivity index (χ0) is 24.3. The Morgan fingerprint density at radius 2 is 1.62 bits per heavy atom. The molecule has 1 saturated heterocycles. The van der Waals surface area contributed by atoms with Gasteiger partial charge in [0.15, 0.2) is 0 Å². The first-order valence-electron chi connectivity index (χ1n) is 14.5. The molecule has 0 aromatic heterocycles. The fourth-order valence-electron chi connectivity index (χ4n) is 10.9. The van der Waals surface area contributed by atoms with E-state index in [-0.39, 0.29) is 18.3 Å². The lowest BCUT2D eigenvalue weighted by molar-refractivity contribution is -0.160. The van der Waals surface area contributed by atoms with Crippen LogP contribution in [0.2, 0.25) is 0 Å². The van der Waals surface area contributed by atoms with E-state index in [1.54, 1.807) is 0 Å². The number of rotatable bonds is 4. The zero-order valence-corrected chi connectivity index (χ0v) is 23.2. The number of fused-ring (bicyclic) bond motifs is 4. The first-order chi connectivity index (χ1) is 15.9. The monoisotopic (exact) mass is 468 g/mol. The highest BCUT2D eigenvalue weighted by molar-refractivity contribution is 6.51. The first-order valence-corrected chi connectivity index (χ1v) is 14.5. The Hall–Kier alpha value is -0.315. The van der Waals surface area contributed by atoms with Gasteiger partial charge in [-0.2, -0.15) is 0 Å². The molecule has 4 heteroatoms. The highest BCUT2D eigenvalue weighted by atomic mass is 16.7. The first kappa shape index (κ1) is 24.0. The van der Waals surface area contributed by atoms with Crippen molar-refractivity contribution < 1.29 is 14.0 Å². The summed E-state index contributed by atoms with van der Waals surface area (Å²) in [6.45, 7) is 16.4. The van der Waals surface area contributed by atoms with Crippen LogP contribution in [0.15, 0.2) is 12.1 Å². The fraction of sp³-hybridized carbons (Fsp3) is 0.933. The van der Waals surface area contributed by atoms with Crippen LogP contribution in [0.4, 0.5) is 0 Å². The van der Waals surface area contributed by atoms with Gasteiger partial charge in [0, 0.05) is 12.5 Å². The van der Waals surface area contributed by atoms with Crippen molar-refractivity contribution >= 4 is 7.12 Å². The van der Waals surface area contributed by atoms with Crippen molar-refractivity contribution in [2.45, 2.75) is 117 Å². The third-order valence-corrected chi connectivity index (χ3v) is 13.4. The Balaban J connectivity index is 1.20. The highest BCUT2D eigenvalue weighted by Gasteiger charge is 2.77. The van der Waals surface area contributed by atoms with Crippen LogP contribution >= 0.6 is 0 Å². The lowest BCUT2D eigenvalue weighted by atomic mass is 9.45. The number of hydrogen-bond acceptors (Lipinski definition) is 3. The van der Waals surface area contributed by atoms with Gasteiger partial charge in [0.05, 0.1) is 17.3 Å². The normalized spacial score (nSPS) is 53.4. The van der Waals surface area contributed by atoms with Gasteiger partial charge in [0.1, 0.15) is 0 Å². The third-order valence-electron chi connectivity index (χ3n) is 13.4. The number of methoxy groups -OCH3 is 1. The van der Waals surface area contributed by atoms with E-state index in [4.69, 9.17) is 14.0 Å². The lowest BCUT2D eigenvalue weighted by Crippen LogP contribution is -2.57. The topological polar surface area (TPSA) is 27.7 Å². The maximum absolute atomic E-state index is 6.31. The van der Waals surface area contributed by atoms with Gasteiger partial charge >= 0.3 is 7.12 Å². The molecule has 0 aromatic rings. The Labute approximate surface area is 209 Å².